The molecule has 6 nitrogen and oxygen atoms in total. The van der Waals surface area contributed by atoms with E-state index in [1.807, 2.05) is 24.3 Å². The number of rotatable bonds is 3. The Morgan fingerprint density at radius 1 is 0.963 bits per heavy atom. The number of hydrazine groups is 1. The monoisotopic (exact) mass is 446 g/mol. The van der Waals surface area contributed by atoms with Gasteiger partial charge in [-0.1, -0.05) is 27.5 Å². The summed E-state index contributed by atoms with van der Waals surface area (Å²) in [4.78, 5) is 24.7. The van der Waals surface area contributed by atoms with Gasteiger partial charge in [0.15, 0.2) is 0 Å². The van der Waals surface area contributed by atoms with Crippen molar-refractivity contribution < 1.29 is 9.59 Å². The first kappa shape index (κ1) is 19.1. The topological polar surface area (TPSA) is 76.0 Å². The van der Waals surface area contributed by atoms with Gasteiger partial charge in [0.1, 0.15) is 0 Å². The number of benzene rings is 2. The summed E-state index contributed by atoms with van der Waals surface area (Å²) in [5, 5.41) is 4.97. The van der Waals surface area contributed by atoms with Crippen molar-refractivity contribution in [3.63, 3.8) is 0 Å². The summed E-state index contributed by atoms with van der Waals surface area (Å²) >= 11 is 9.20. The van der Waals surface area contributed by atoms with Crippen LogP contribution in [0.2, 0.25) is 5.02 Å². The van der Waals surface area contributed by atoms with Gasteiger partial charge in [-0.3, -0.25) is 20.4 Å². The number of aryl methyl sites for hydroxylation is 1. The minimum Gasteiger partial charge on any atom is -0.267 e. The molecule has 0 aliphatic rings. The second-order valence-electron chi connectivity index (χ2n) is 5.85. The molecule has 0 fully saturated rings. The van der Waals surface area contributed by atoms with Crippen LogP contribution >= 0.6 is 27.5 Å². The number of carbonyl (C=O) groups excluding carboxylic acids is 2. The normalized spacial score (nSPS) is 10.5. The van der Waals surface area contributed by atoms with E-state index in [1.165, 1.54) is 0 Å². The molecule has 0 radical (unpaired) electrons. The molecule has 8 heteroatoms. The Bertz CT molecular complexity index is 998. The molecule has 2 amide bonds. The third-order valence-corrected chi connectivity index (χ3v) is 4.77. The number of carbonyl (C=O) groups is 2. The van der Waals surface area contributed by atoms with Gasteiger partial charge < -0.3 is 0 Å². The molecule has 0 atom stereocenters. The molecule has 0 bridgehead atoms. The Labute approximate surface area is 169 Å². The van der Waals surface area contributed by atoms with E-state index in [-0.39, 0.29) is 0 Å². The van der Waals surface area contributed by atoms with E-state index < -0.39 is 11.8 Å². The van der Waals surface area contributed by atoms with E-state index in [0.717, 1.165) is 10.2 Å². The molecule has 0 spiro atoms. The minimum atomic E-state index is -0.435. The van der Waals surface area contributed by atoms with Crippen LogP contribution in [0.1, 0.15) is 32.1 Å². The third-order valence-electron chi connectivity index (χ3n) is 3.99. The average molecular weight is 448 g/mol. The van der Waals surface area contributed by atoms with Crippen molar-refractivity contribution in [2.75, 3.05) is 0 Å². The van der Waals surface area contributed by atoms with Crippen LogP contribution in [0.4, 0.5) is 0 Å². The van der Waals surface area contributed by atoms with Crippen LogP contribution in [0, 0.1) is 13.8 Å². The summed E-state index contributed by atoms with van der Waals surface area (Å²) in [7, 11) is 0. The maximum Gasteiger partial charge on any atom is 0.273 e. The highest BCUT2D eigenvalue weighted by molar-refractivity contribution is 9.10. The Kier molecular flexibility index (Phi) is 5.62. The summed E-state index contributed by atoms with van der Waals surface area (Å²) in [6.07, 6.45) is 0. The van der Waals surface area contributed by atoms with Crippen molar-refractivity contribution in [3.05, 3.63) is 80.5 Å². The maximum absolute atomic E-state index is 12.6. The number of nitrogens with zero attached hydrogens (tertiary/aromatic N) is 2. The lowest BCUT2D eigenvalue weighted by atomic mass is 10.2. The summed E-state index contributed by atoms with van der Waals surface area (Å²) in [5.74, 6) is -0.869. The molecule has 2 aromatic carbocycles. The van der Waals surface area contributed by atoms with Gasteiger partial charge >= 0.3 is 0 Å². The van der Waals surface area contributed by atoms with Crippen molar-refractivity contribution in [2.45, 2.75) is 13.8 Å². The van der Waals surface area contributed by atoms with Crippen LogP contribution in [0.25, 0.3) is 5.69 Å². The van der Waals surface area contributed by atoms with Crippen LogP contribution in [-0.4, -0.2) is 21.6 Å². The van der Waals surface area contributed by atoms with Crippen LogP contribution in [0.5, 0.6) is 0 Å². The van der Waals surface area contributed by atoms with Crippen LogP contribution in [0.15, 0.2) is 53.0 Å². The molecule has 0 saturated heterocycles. The predicted molar refractivity (Wildman–Crippen MR) is 107 cm³/mol. The second kappa shape index (κ2) is 7.94. The van der Waals surface area contributed by atoms with E-state index in [2.05, 4.69) is 31.9 Å². The quantitative estimate of drug-likeness (QED) is 0.596. The van der Waals surface area contributed by atoms with Crippen LogP contribution < -0.4 is 10.9 Å². The fourth-order valence-electron chi connectivity index (χ4n) is 2.65. The van der Waals surface area contributed by atoms with Gasteiger partial charge in [0.25, 0.3) is 11.8 Å². The number of amides is 2. The van der Waals surface area contributed by atoms with Gasteiger partial charge in [-0.05, 0) is 62.4 Å². The zero-order valence-corrected chi connectivity index (χ0v) is 16.9. The summed E-state index contributed by atoms with van der Waals surface area (Å²) in [5.41, 5.74) is 7.71. The number of aromatic nitrogens is 2. The molecule has 3 aromatic rings. The Morgan fingerprint density at radius 2 is 1.56 bits per heavy atom. The Balaban J connectivity index is 1.76. The van der Waals surface area contributed by atoms with Gasteiger partial charge in [0.05, 0.1) is 22.6 Å². The molecule has 0 aliphatic carbocycles. The summed E-state index contributed by atoms with van der Waals surface area (Å²) < 4.78 is 2.65. The molecule has 0 unspecified atom stereocenters. The number of hydrogen-bond acceptors (Lipinski definition) is 3. The van der Waals surface area contributed by atoms with Crippen molar-refractivity contribution in [2.24, 2.45) is 0 Å². The largest absolute Gasteiger partial charge is 0.273 e. The average Bonchev–Trinajstić information content (AvgIpc) is 2.95. The molecule has 27 heavy (non-hydrogen) atoms. The van der Waals surface area contributed by atoms with Crippen molar-refractivity contribution in [1.29, 1.82) is 0 Å². The van der Waals surface area contributed by atoms with Crippen LogP contribution in [0.3, 0.4) is 0 Å². The van der Waals surface area contributed by atoms with Crippen LogP contribution in [-0.2, 0) is 0 Å². The summed E-state index contributed by atoms with van der Waals surface area (Å²) in [6, 6.07) is 14.0. The van der Waals surface area contributed by atoms with Gasteiger partial charge in [-0.2, -0.15) is 5.10 Å². The van der Waals surface area contributed by atoms with E-state index in [9.17, 15) is 9.59 Å². The highest BCUT2D eigenvalue weighted by Gasteiger charge is 2.20. The zero-order valence-electron chi connectivity index (χ0n) is 14.6. The first-order chi connectivity index (χ1) is 12.9. The number of halogens is 2. The van der Waals surface area contributed by atoms with Crippen molar-refractivity contribution in [3.8, 4) is 5.69 Å². The number of nitrogens with one attached hydrogen (secondary N) is 2. The first-order valence-electron chi connectivity index (χ1n) is 8.05. The smallest absolute Gasteiger partial charge is 0.267 e. The summed E-state index contributed by atoms with van der Waals surface area (Å²) in [6.45, 7) is 3.55. The molecular formula is C19H16BrClN4O2. The molecule has 0 saturated carbocycles. The predicted octanol–water partition coefficient (Wildman–Crippen LogP) is 3.98. The second-order valence-corrected chi connectivity index (χ2v) is 7.20. The Morgan fingerprint density at radius 3 is 2.19 bits per heavy atom. The maximum atomic E-state index is 12.6. The molecule has 1 heterocycles. The van der Waals surface area contributed by atoms with Crippen molar-refractivity contribution in [1.82, 2.24) is 20.6 Å². The van der Waals surface area contributed by atoms with Gasteiger partial charge in [0, 0.05) is 15.1 Å². The Hall–Kier alpha value is -2.64. The lowest BCUT2D eigenvalue weighted by Crippen LogP contribution is -2.42. The van der Waals surface area contributed by atoms with E-state index in [0.29, 0.717) is 27.5 Å². The van der Waals surface area contributed by atoms with E-state index in [4.69, 9.17) is 11.6 Å². The minimum absolute atomic E-state index is 0.388. The highest BCUT2D eigenvalue weighted by atomic mass is 79.9. The molecule has 1 aromatic heterocycles. The fraction of sp³-hybridized carbons (Fsp3) is 0.105. The highest BCUT2D eigenvalue weighted by Crippen LogP contribution is 2.19. The lowest BCUT2D eigenvalue weighted by molar-refractivity contribution is 0.0846. The molecule has 138 valence electrons. The molecular weight excluding hydrogens is 432 g/mol. The first-order valence-corrected chi connectivity index (χ1v) is 9.22. The molecule has 2 N–H and O–H groups in total. The van der Waals surface area contributed by atoms with E-state index in [1.54, 1.807) is 42.8 Å². The van der Waals surface area contributed by atoms with Crippen molar-refractivity contribution >= 4 is 39.3 Å². The molecule has 3 rings (SSSR count). The standard InChI is InChI=1S/C19H16BrClN4O2/c1-11-17(12(2)25(24-11)16-9-5-14(20)6-10-16)19(27)23-22-18(26)13-3-7-15(21)8-4-13/h3-10H,1-2H3,(H,22,26)(H,23,27). The molecule has 0 aliphatic heterocycles. The number of hydrogen-bond donors (Lipinski definition) is 2. The third kappa shape index (κ3) is 4.20. The fourth-order valence-corrected chi connectivity index (χ4v) is 3.04. The van der Waals surface area contributed by atoms with Gasteiger partial charge in [-0.25, -0.2) is 4.68 Å². The van der Waals surface area contributed by atoms with Gasteiger partial charge in [0.2, 0.25) is 0 Å². The zero-order chi connectivity index (χ0) is 19.6. The van der Waals surface area contributed by atoms with Gasteiger partial charge in [-0.15, -0.1) is 0 Å². The lowest BCUT2D eigenvalue weighted by Gasteiger charge is -2.08. The SMILES string of the molecule is Cc1nn(-c2ccc(Br)cc2)c(C)c1C(=O)NNC(=O)c1ccc(Cl)cc1. The van der Waals surface area contributed by atoms with E-state index >= 15 is 0 Å².